The molecule has 1 saturated heterocycles. The molecule has 0 unspecified atom stereocenters. The van der Waals surface area contributed by atoms with Gasteiger partial charge < -0.3 is 9.80 Å². The summed E-state index contributed by atoms with van der Waals surface area (Å²) in [5.41, 5.74) is -1.03. The first-order valence-electron chi connectivity index (χ1n) is 7.32. The highest BCUT2D eigenvalue weighted by molar-refractivity contribution is 6.62. The number of amides is 1. The zero-order valence-electron chi connectivity index (χ0n) is 13.4. The van der Waals surface area contributed by atoms with Gasteiger partial charge in [-0.1, -0.05) is 13.8 Å². The van der Waals surface area contributed by atoms with Crippen LogP contribution in [0, 0.1) is 0 Å². The minimum Gasteiger partial charge on any atom is -0.351 e. The van der Waals surface area contributed by atoms with Gasteiger partial charge in [-0.15, -0.1) is 0 Å². The van der Waals surface area contributed by atoms with Crippen LogP contribution in [0.15, 0.2) is 12.4 Å². The minimum atomic E-state index is -4.50. The van der Waals surface area contributed by atoms with Crippen LogP contribution in [0.5, 0.6) is 0 Å². The summed E-state index contributed by atoms with van der Waals surface area (Å²) < 4.78 is 37.4. The van der Waals surface area contributed by atoms with Crippen molar-refractivity contribution < 1.29 is 18.0 Å². The van der Waals surface area contributed by atoms with Gasteiger partial charge in [0.25, 0.3) is 0 Å². The van der Waals surface area contributed by atoms with Gasteiger partial charge in [-0.05, 0) is 25.4 Å². The summed E-state index contributed by atoms with van der Waals surface area (Å²) in [4.78, 5) is 21.9. The Morgan fingerprint density at radius 1 is 1.17 bits per heavy atom. The van der Waals surface area contributed by atoms with Crippen LogP contribution in [0.4, 0.5) is 23.8 Å². The molecule has 0 bridgehead atoms. The summed E-state index contributed by atoms with van der Waals surface area (Å²) in [6, 6.07) is -0.328. The molecule has 0 aromatic carbocycles. The molecule has 130 valence electrons. The van der Waals surface area contributed by atoms with Crippen molar-refractivity contribution in [2.45, 2.75) is 46.0 Å². The van der Waals surface area contributed by atoms with Crippen LogP contribution in [0.2, 0.25) is 0 Å². The first-order valence-corrected chi connectivity index (χ1v) is 7.70. The Bertz CT molecular complexity index is 512. The monoisotopic (exact) mass is 352 g/mol. The number of nitrogens with zero attached hydrogens (tertiary/aromatic N) is 4. The molecule has 5 nitrogen and oxygen atoms in total. The van der Waals surface area contributed by atoms with E-state index >= 15 is 0 Å². The second-order valence-electron chi connectivity index (χ2n) is 5.02. The topological polar surface area (TPSA) is 49.3 Å². The lowest BCUT2D eigenvalue weighted by Gasteiger charge is -2.43. The Morgan fingerprint density at radius 3 is 2.04 bits per heavy atom. The lowest BCUT2D eigenvalue weighted by Crippen LogP contribution is -2.57. The van der Waals surface area contributed by atoms with Crippen molar-refractivity contribution in [2.75, 3.05) is 18.0 Å². The van der Waals surface area contributed by atoms with E-state index in [0.717, 1.165) is 6.20 Å². The first kappa shape index (κ1) is 19.5. The molecule has 2 rings (SSSR count). The maximum atomic E-state index is 12.5. The fraction of sp³-hybridized carbons (Fsp3) is 0.643. The molecule has 1 amide bonds. The average molecular weight is 353 g/mol. The second kappa shape index (κ2) is 7.81. The molecule has 0 spiro atoms. The third kappa shape index (κ3) is 4.70. The zero-order chi connectivity index (χ0) is 17.8. The Labute approximate surface area is 138 Å². The van der Waals surface area contributed by atoms with Crippen molar-refractivity contribution in [2.24, 2.45) is 0 Å². The molecule has 0 N–H and O–H groups in total. The normalized spacial score (nSPS) is 21.6. The van der Waals surface area contributed by atoms with Crippen molar-refractivity contribution in [1.82, 2.24) is 14.9 Å². The van der Waals surface area contributed by atoms with Gasteiger partial charge in [-0.3, -0.25) is 4.79 Å². The summed E-state index contributed by atoms with van der Waals surface area (Å²) >= 11 is 5.53. The average Bonchev–Trinajstić information content (AvgIpc) is 2.47. The molecule has 0 radical (unpaired) electrons. The molecule has 2 heterocycles. The van der Waals surface area contributed by atoms with E-state index < -0.39 is 17.2 Å². The molecule has 9 heteroatoms. The molecule has 23 heavy (non-hydrogen) atoms. The number of carbonyl (C=O) groups is 1. The summed E-state index contributed by atoms with van der Waals surface area (Å²) in [7, 11) is 0. The van der Waals surface area contributed by atoms with Crippen molar-refractivity contribution in [3.8, 4) is 0 Å². The number of carbonyl (C=O) groups excluding carboxylic acids is 1. The van der Waals surface area contributed by atoms with Crippen LogP contribution < -0.4 is 4.90 Å². The largest absolute Gasteiger partial charge is 0.434 e. The van der Waals surface area contributed by atoms with Crippen molar-refractivity contribution >= 4 is 22.8 Å². The third-order valence-electron chi connectivity index (χ3n) is 3.37. The second-order valence-corrected chi connectivity index (χ2v) is 5.34. The van der Waals surface area contributed by atoms with Gasteiger partial charge in [-0.2, -0.15) is 13.2 Å². The van der Waals surface area contributed by atoms with E-state index in [0.29, 0.717) is 25.1 Å². The molecular formula is C14H20ClF3N4O. The Hall–Kier alpha value is -1.57. The van der Waals surface area contributed by atoms with E-state index in [4.69, 9.17) is 11.6 Å². The fourth-order valence-corrected chi connectivity index (χ4v) is 2.82. The highest BCUT2D eigenvalue weighted by atomic mass is 35.5. The number of hydrogen-bond acceptors (Lipinski definition) is 4. The maximum absolute atomic E-state index is 12.5. The quantitative estimate of drug-likeness (QED) is 0.570. The number of hydrogen-bond donors (Lipinski definition) is 0. The summed E-state index contributed by atoms with van der Waals surface area (Å²) in [5.74, 6) is 0.350. The summed E-state index contributed by atoms with van der Waals surface area (Å²) in [5, 5.41) is -0.534. The van der Waals surface area contributed by atoms with Crippen LogP contribution in [0.3, 0.4) is 0 Å². The molecule has 1 aliphatic heterocycles. The van der Waals surface area contributed by atoms with E-state index in [1.807, 2.05) is 27.7 Å². The highest BCUT2D eigenvalue weighted by Gasteiger charge is 2.35. The van der Waals surface area contributed by atoms with Crippen LogP contribution in [0.1, 0.15) is 33.4 Å². The molecule has 1 aromatic heterocycles. The minimum absolute atomic E-state index is 0.164. The number of piperazine rings is 1. The van der Waals surface area contributed by atoms with Gasteiger partial charge in [-0.25, -0.2) is 9.97 Å². The third-order valence-corrected chi connectivity index (χ3v) is 3.57. The Morgan fingerprint density at radius 2 is 1.70 bits per heavy atom. The zero-order valence-corrected chi connectivity index (χ0v) is 14.2. The Balaban J connectivity index is 0.00000127. The standard InChI is InChI=1S/C12H14ClF3N4O.C2H6/c1-7-5-19(6-8(2)20(7)11(13)21)10-4-17-9(3-18-10)12(14,15)16;1-2/h3-4,7-8H,5-6H2,1-2H3;1-2H3/t7-,8+;. The molecule has 1 aliphatic rings. The SMILES string of the molecule is CC.C[C@@H]1CN(c2cnc(C(F)(F)F)cn2)C[C@H](C)N1C(=O)Cl. The smallest absolute Gasteiger partial charge is 0.351 e. The van der Waals surface area contributed by atoms with E-state index in [9.17, 15) is 18.0 Å². The predicted molar refractivity (Wildman–Crippen MR) is 82.6 cm³/mol. The van der Waals surface area contributed by atoms with E-state index in [-0.39, 0.29) is 12.1 Å². The molecule has 1 aromatic rings. The van der Waals surface area contributed by atoms with Gasteiger partial charge in [0.2, 0.25) is 0 Å². The Kier molecular flexibility index (Phi) is 6.61. The highest BCUT2D eigenvalue weighted by Crippen LogP contribution is 2.28. The van der Waals surface area contributed by atoms with Crippen molar-refractivity contribution in [1.29, 1.82) is 0 Å². The van der Waals surface area contributed by atoms with E-state index in [1.165, 1.54) is 4.90 Å². The predicted octanol–water partition coefficient (Wildman–Crippen LogP) is 3.78. The van der Waals surface area contributed by atoms with Crippen LogP contribution in [-0.2, 0) is 6.18 Å². The van der Waals surface area contributed by atoms with Gasteiger partial charge in [0.05, 0.1) is 12.4 Å². The van der Waals surface area contributed by atoms with Crippen LogP contribution in [-0.4, -0.2) is 45.4 Å². The van der Waals surface area contributed by atoms with Gasteiger partial charge in [0.1, 0.15) is 5.82 Å². The summed E-state index contributed by atoms with van der Waals surface area (Å²) in [6.07, 6.45) is -2.69. The molecule has 0 aliphatic carbocycles. The summed E-state index contributed by atoms with van der Waals surface area (Å²) in [6.45, 7) is 8.51. The van der Waals surface area contributed by atoms with Crippen molar-refractivity contribution in [3.05, 3.63) is 18.1 Å². The van der Waals surface area contributed by atoms with Gasteiger partial charge >= 0.3 is 11.5 Å². The molecule has 1 fully saturated rings. The van der Waals surface area contributed by atoms with E-state index in [2.05, 4.69) is 9.97 Å². The van der Waals surface area contributed by atoms with Gasteiger partial charge in [0.15, 0.2) is 5.69 Å². The number of rotatable bonds is 1. The number of aromatic nitrogens is 2. The maximum Gasteiger partial charge on any atom is 0.434 e. The van der Waals surface area contributed by atoms with Crippen LogP contribution in [0.25, 0.3) is 0 Å². The molecular weight excluding hydrogens is 333 g/mol. The van der Waals surface area contributed by atoms with Gasteiger partial charge in [0, 0.05) is 25.2 Å². The van der Waals surface area contributed by atoms with E-state index in [1.54, 1.807) is 4.90 Å². The van der Waals surface area contributed by atoms with Crippen LogP contribution >= 0.6 is 11.6 Å². The first-order chi connectivity index (χ1) is 10.7. The molecule has 0 saturated carbocycles. The fourth-order valence-electron chi connectivity index (χ4n) is 2.49. The lowest BCUT2D eigenvalue weighted by atomic mass is 10.1. The number of alkyl halides is 3. The van der Waals surface area contributed by atoms with Crippen molar-refractivity contribution in [3.63, 3.8) is 0 Å². The molecule has 2 atom stereocenters. The lowest BCUT2D eigenvalue weighted by molar-refractivity contribution is -0.141. The number of anilines is 1. The number of halogens is 4.